The Hall–Kier alpha value is -2.37. The van der Waals surface area contributed by atoms with Gasteiger partial charge in [-0.2, -0.15) is 0 Å². The fourth-order valence-electron chi connectivity index (χ4n) is 4.60. The molecule has 0 bridgehead atoms. The van der Waals surface area contributed by atoms with Crippen molar-refractivity contribution in [3.63, 3.8) is 0 Å². The molecular weight excluding hydrogens is 398 g/mol. The zero-order valence-electron chi connectivity index (χ0n) is 19.3. The van der Waals surface area contributed by atoms with Crippen LogP contribution in [0.4, 0.5) is 0 Å². The standard InChI is InChI=1S/C27H37N3O2/c1-2-28-26(30-21-27(14-7-15-27)24-10-4-3-5-11-24)29-19-22-8-6-9-23(18-22)20-32-25-12-16-31-17-13-25/h3-6,8-11,18,25H,2,7,12-17,19-21H2,1H3,(H2,28,29,30). The van der Waals surface area contributed by atoms with Crippen LogP contribution in [0.3, 0.4) is 0 Å². The first-order valence-electron chi connectivity index (χ1n) is 12.1. The normalized spacial score (nSPS) is 18.7. The number of ether oxygens (including phenoxy) is 2. The number of rotatable bonds is 9. The summed E-state index contributed by atoms with van der Waals surface area (Å²) in [6.45, 7) is 6.81. The number of benzene rings is 2. The topological polar surface area (TPSA) is 54.9 Å². The van der Waals surface area contributed by atoms with E-state index in [9.17, 15) is 0 Å². The van der Waals surface area contributed by atoms with Gasteiger partial charge in [0.2, 0.25) is 0 Å². The van der Waals surface area contributed by atoms with Crippen LogP contribution in [0.5, 0.6) is 0 Å². The molecule has 0 aromatic heterocycles. The third-order valence-electron chi connectivity index (χ3n) is 6.70. The molecule has 1 aliphatic heterocycles. The SMILES string of the molecule is CCNC(=NCc1cccc(COC2CCOCC2)c1)NCC1(c2ccccc2)CCC1. The van der Waals surface area contributed by atoms with Gasteiger partial charge in [-0.15, -0.1) is 0 Å². The Morgan fingerprint density at radius 1 is 1.03 bits per heavy atom. The van der Waals surface area contributed by atoms with E-state index in [2.05, 4.69) is 72.2 Å². The van der Waals surface area contributed by atoms with Crippen molar-refractivity contribution in [2.45, 2.75) is 63.7 Å². The Morgan fingerprint density at radius 2 is 1.81 bits per heavy atom. The zero-order chi connectivity index (χ0) is 22.1. The van der Waals surface area contributed by atoms with Crippen LogP contribution in [0.15, 0.2) is 59.6 Å². The fraction of sp³-hybridized carbons (Fsp3) is 0.519. The van der Waals surface area contributed by atoms with Crippen LogP contribution < -0.4 is 10.6 Å². The van der Waals surface area contributed by atoms with Gasteiger partial charge in [0.25, 0.3) is 0 Å². The van der Waals surface area contributed by atoms with E-state index in [-0.39, 0.29) is 5.41 Å². The molecule has 1 saturated heterocycles. The van der Waals surface area contributed by atoms with Crippen LogP contribution in [0, 0.1) is 0 Å². The van der Waals surface area contributed by atoms with Crippen LogP contribution in [0.25, 0.3) is 0 Å². The summed E-state index contributed by atoms with van der Waals surface area (Å²) in [5, 5.41) is 7.03. The van der Waals surface area contributed by atoms with Crippen LogP contribution in [-0.2, 0) is 28.0 Å². The smallest absolute Gasteiger partial charge is 0.191 e. The average Bonchev–Trinajstić information content (AvgIpc) is 2.82. The Balaban J connectivity index is 1.33. The highest BCUT2D eigenvalue weighted by Gasteiger charge is 2.38. The van der Waals surface area contributed by atoms with Gasteiger partial charge in [-0.3, -0.25) is 0 Å². The van der Waals surface area contributed by atoms with Crippen molar-refractivity contribution in [2.75, 3.05) is 26.3 Å². The van der Waals surface area contributed by atoms with E-state index in [1.807, 2.05) is 0 Å². The van der Waals surface area contributed by atoms with Crippen molar-refractivity contribution in [1.82, 2.24) is 10.6 Å². The molecule has 32 heavy (non-hydrogen) atoms. The summed E-state index contributed by atoms with van der Waals surface area (Å²) in [5.41, 5.74) is 4.09. The monoisotopic (exact) mass is 435 g/mol. The molecule has 2 aliphatic rings. The van der Waals surface area contributed by atoms with Crippen molar-refractivity contribution < 1.29 is 9.47 Å². The predicted molar refractivity (Wildman–Crippen MR) is 130 cm³/mol. The minimum Gasteiger partial charge on any atom is -0.381 e. The van der Waals surface area contributed by atoms with Gasteiger partial charge in [0.15, 0.2) is 5.96 Å². The molecule has 5 heteroatoms. The van der Waals surface area contributed by atoms with Gasteiger partial charge in [-0.05, 0) is 49.3 Å². The molecule has 1 aliphatic carbocycles. The molecule has 4 rings (SSSR count). The van der Waals surface area contributed by atoms with Crippen LogP contribution >= 0.6 is 0 Å². The number of hydrogen-bond donors (Lipinski definition) is 2. The Labute approximate surface area is 192 Å². The van der Waals surface area contributed by atoms with E-state index >= 15 is 0 Å². The molecule has 0 atom stereocenters. The number of hydrogen-bond acceptors (Lipinski definition) is 3. The highest BCUT2D eigenvalue weighted by Crippen LogP contribution is 2.43. The molecule has 0 spiro atoms. The van der Waals surface area contributed by atoms with Crippen molar-refractivity contribution in [3.05, 3.63) is 71.3 Å². The van der Waals surface area contributed by atoms with Crippen LogP contribution in [0.2, 0.25) is 0 Å². The Kier molecular flexibility index (Phi) is 8.18. The summed E-state index contributed by atoms with van der Waals surface area (Å²) in [6, 6.07) is 19.5. The molecule has 2 aromatic rings. The van der Waals surface area contributed by atoms with Gasteiger partial charge in [-0.25, -0.2) is 4.99 Å². The molecule has 172 valence electrons. The van der Waals surface area contributed by atoms with Gasteiger partial charge in [-0.1, -0.05) is 61.0 Å². The van der Waals surface area contributed by atoms with Gasteiger partial charge in [0.05, 0.1) is 19.3 Å². The van der Waals surface area contributed by atoms with Crippen molar-refractivity contribution in [1.29, 1.82) is 0 Å². The quantitative estimate of drug-likeness (QED) is 0.448. The molecule has 5 nitrogen and oxygen atoms in total. The lowest BCUT2D eigenvalue weighted by atomic mass is 9.64. The zero-order valence-corrected chi connectivity index (χ0v) is 19.3. The minimum absolute atomic E-state index is 0.235. The van der Waals surface area contributed by atoms with Crippen molar-refractivity contribution in [3.8, 4) is 0 Å². The molecular formula is C27H37N3O2. The van der Waals surface area contributed by atoms with E-state index in [4.69, 9.17) is 14.5 Å². The Bertz CT molecular complexity index is 858. The summed E-state index contributed by atoms with van der Waals surface area (Å²) in [7, 11) is 0. The molecule has 2 aromatic carbocycles. The first-order chi connectivity index (χ1) is 15.8. The lowest BCUT2D eigenvalue weighted by Crippen LogP contribution is -2.48. The number of nitrogens with zero attached hydrogens (tertiary/aromatic N) is 1. The van der Waals surface area contributed by atoms with Gasteiger partial charge in [0.1, 0.15) is 0 Å². The van der Waals surface area contributed by atoms with E-state index in [0.717, 1.165) is 45.1 Å². The van der Waals surface area contributed by atoms with E-state index in [1.165, 1.54) is 36.0 Å². The highest BCUT2D eigenvalue weighted by atomic mass is 16.5. The molecule has 1 heterocycles. The minimum atomic E-state index is 0.235. The molecule has 1 saturated carbocycles. The first-order valence-corrected chi connectivity index (χ1v) is 12.1. The Morgan fingerprint density at radius 3 is 2.53 bits per heavy atom. The highest BCUT2D eigenvalue weighted by molar-refractivity contribution is 5.79. The maximum absolute atomic E-state index is 6.08. The van der Waals surface area contributed by atoms with Crippen molar-refractivity contribution >= 4 is 5.96 Å². The molecule has 0 amide bonds. The summed E-state index contributed by atoms with van der Waals surface area (Å²) >= 11 is 0. The summed E-state index contributed by atoms with van der Waals surface area (Å²) in [5.74, 6) is 0.888. The second-order valence-electron chi connectivity index (χ2n) is 8.99. The second kappa shape index (κ2) is 11.5. The largest absolute Gasteiger partial charge is 0.381 e. The molecule has 0 radical (unpaired) electrons. The number of nitrogens with one attached hydrogen (secondary N) is 2. The lowest BCUT2D eigenvalue weighted by molar-refractivity contribution is -0.0390. The van der Waals surface area contributed by atoms with Gasteiger partial charge in [0, 0.05) is 31.7 Å². The predicted octanol–water partition coefficient (Wildman–Crippen LogP) is 4.56. The summed E-state index contributed by atoms with van der Waals surface area (Å²) < 4.78 is 11.5. The average molecular weight is 436 g/mol. The third-order valence-corrected chi connectivity index (χ3v) is 6.70. The third kappa shape index (κ3) is 6.11. The summed E-state index contributed by atoms with van der Waals surface area (Å²) in [4.78, 5) is 4.87. The molecule has 2 N–H and O–H groups in total. The maximum Gasteiger partial charge on any atom is 0.191 e. The van der Waals surface area contributed by atoms with Crippen molar-refractivity contribution in [2.24, 2.45) is 4.99 Å². The second-order valence-corrected chi connectivity index (χ2v) is 8.99. The summed E-state index contributed by atoms with van der Waals surface area (Å²) in [6.07, 6.45) is 6.07. The molecule has 2 fully saturated rings. The van der Waals surface area contributed by atoms with Gasteiger partial charge < -0.3 is 20.1 Å². The maximum atomic E-state index is 6.08. The van der Waals surface area contributed by atoms with Gasteiger partial charge >= 0.3 is 0 Å². The number of aliphatic imine (C=N–C) groups is 1. The fourth-order valence-corrected chi connectivity index (χ4v) is 4.60. The van der Waals surface area contributed by atoms with E-state index < -0.39 is 0 Å². The van der Waals surface area contributed by atoms with E-state index in [0.29, 0.717) is 19.3 Å². The lowest BCUT2D eigenvalue weighted by Gasteiger charge is -2.43. The van der Waals surface area contributed by atoms with E-state index in [1.54, 1.807) is 0 Å². The van der Waals surface area contributed by atoms with Crippen LogP contribution in [-0.4, -0.2) is 38.4 Å². The van der Waals surface area contributed by atoms with Crippen LogP contribution in [0.1, 0.15) is 55.7 Å². The first kappa shape index (κ1) is 22.8. The number of guanidine groups is 1. The molecule has 0 unspecified atom stereocenters.